The number of nitrogens with one attached hydrogen (secondary N) is 1. The molecular formula is C24H26N2O6. The van der Waals surface area contributed by atoms with E-state index >= 15 is 0 Å². The fourth-order valence-corrected chi connectivity index (χ4v) is 3.52. The average Bonchev–Trinajstić information content (AvgIpc) is 2.78. The summed E-state index contributed by atoms with van der Waals surface area (Å²) in [6, 6.07) is 12.0. The van der Waals surface area contributed by atoms with Gasteiger partial charge in [0, 0.05) is 19.2 Å². The molecule has 2 amide bonds. The number of nitrogens with zero attached hydrogens (tertiary/aromatic N) is 1. The van der Waals surface area contributed by atoms with Crippen LogP contribution in [0.3, 0.4) is 0 Å². The lowest BCUT2D eigenvalue weighted by Crippen LogP contribution is -2.35. The molecule has 32 heavy (non-hydrogen) atoms. The second-order valence-corrected chi connectivity index (χ2v) is 7.28. The molecule has 1 heterocycles. The van der Waals surface area contributed by atoms with E-state index in [0.717, 1.165) is 11.1 Å². The number of carbonyl (C=O) groups excluding carboxylic acids is 3. The maximum atomic E-state index is 12.7. The van der Waals surface area contributed by atoms with Crippen molar-refractivity contribution in [2.24, 2.45) is 0 Å². The molecule has 1 aliphatic heterocycles. The van der Waals surface area contributed by atoms with Crippen LogP contribution in [0.1, 0.15) is 37.4 Å². The summed E-state index contributed by atoms with van der Waals surface area (Å²) >= 11 is 0. The van der Waals surface area contributed by atoms with Crippen molar-refractivity contribution in [2.45, 2.75) is 32.4 Å². The van der Waals surface area contributed by atoms with Gasteiger partial charge in [-0.25, -0.2) is 0 Å². The fourth-order valence-electron chi connectivity index (χ4n) is 3.52. The first-order valence-corrected chi connectivity index (χ1v) is 10.1. The number of ether oxygens (including phenoxy) is 3. The van der Waals surface area contributed by atoms with Crippen molar-refractivity contribution in [3.63, 3.8) is 0 Å². The SMILES string of the molecule is COc1ccc(OC)c(NC(=O)[C@H](C)OC(=O)C[C@@H]2c3ccccc3C=CN2C(C)=O)c1. The summed E-state index contributed by atoms with van der Waals surface area (Å²) in [5.74, 6) is -0.312. The maximum Gasteiger partial charge on any atom is 0.309 e. The second-order valence-electron chi connectivity index (χ2n) is 7.28. The number of anilines is 1. The van der Waals surface area contributed by atoms with Gasteiger partial charge in [-0.3, -0.25) is 14.4 Å². The molecule has 0 aromatic heterocycles. The first-order valence-electron chi connectivity index (χ1n) is 10.1. The summed E-state index contributed by atoms with van der Waals surface area (Å²) in [6.07, 6.45) is 2.35. The van der Waals surface area contributed by atoms with Crippen molar-refractivity contribution in [1.82, 2.24) is 4.90 Å². The molecule has 0 radical (unpaired) electrons. The molecule has 3 rings (SSSR count). The van der Waals surface area contributed by atoms with Gasteiger partial charge in [0.2, 0.25) is 5.91 Å². The summed E-state index contributed by atoms with van der Waals surface area (Å²) in [6.45, 7) is 2.92. The van der Waals surface area contributed by atoms with Crippen LogP contribution in [0.4, 0.5) is 5.69 Å². The van der Waals surface area contributed by atoms with E-state index in [4.69, 9.17) is 14.2 Å². The van der Waals surface area contributed by atoms with E-state index in [2.05, 4.69) is 5.32 Å². The summed E-state index contributed by atoms with van der Waals surface area (Å²) in [5, 5.41) is 2.69. The first kappa shape index (κ1) is 22.9. The van der Waals surface area contributed by atoms with E-state index in [-0.39, 0.29) is 12.3 Å². The number of amides is 2. The average molecular weight is 438 g/mol. The Bertz CT molecular complexity index is 1050. The normalized spacial score (nSPS) is 15.4. The summed E-state index contributed by atoms with van der Waals surface area (Å²) in [4.78, 5) is 38.9. The molecule has 0 saturated heterocycles. The third kappa shape index (κ3) is 5.08. The number of fused-ring (bicyclic) bond motifs is 1. The highest BCUT2D eigenvalue weighted by atomic mass is 16.5. The van der Waals surface area contributed by atoms with Gasteiger partial charge in [0.05, 0.1) is 32.4 Å². The molecule has 0 spiro atoms. The van der Waals surface area contributed by atoms with Gasteiger partial charge in [-0.1, -0.05) is 24.3 Å². The Kier molecular flexibility index (Phi) is 7.14. The topological polar surface area (TPSA) is 94.2 Å². The summed E-state index contributed by atoms with van der Waals surface area (Å²) in [5.41, 5.74) is 2.17. The minimum absolute atomic E-state index is 0.0823. The lowest BCUT2D eigenvalue weighted by Gasteiger charge is -2.32. The Balaban J connectivity index is 1.68. The van der Waals surface area contributed by atoms with Crippen LogP contribution >= 0.6 is 0 Å². The van der Waals surface area contributed by atoms with Gasteiger partial charge in [0.25, 0.3) is 5.91 Å². The molecule has 1 N–H and O–H groups in total. The third-order valence-electron chi connectivity index (χ3n) is 5.17. The van der Waals surface area contributed by atoms with Crippen molar-refractivity contribution in [2.75, 3.05) is 19.5 Å². The minimum Gasteiger partial charge on any atom is -0.497 e. The van der Waals surface area contributed by atoms with Crippen molar-refractivity contribution in [3.05, 3.63) is 59.8 Å². The molecule has 0 saturated carbocycles. The number of benzene rings is 2. The Labute approximate surface area is 186 Å². The predicted octanol–water partition coefficient (Wildman–Crippen LogP) is 3.54. The van der Waals surface area contributed by atoms with Crippen LogP contribution in [-0.2, 0) is 19.1 Å². The molecule has 0 bridgehead atoms. The predicted molar refractivity (Wildman–Crippen MR) is 119 cm³/mol. The first-order chi connectivity index (χ1) is 15.3. The van der Waals surface area contributed by atoms with Crippen LogP contribution in [0.2, 0.25) is 0 Å². The number of carbonyl (C=O) groups is 3. The van der Waals surface area contributed by atoms with Gasteiger partial charge in [-0.15, -0.1) is 0 Å². The molecule has 0 aliphatic carbocycles. The van der Waals surface area contributed by atoms with E-state index in [1.807, 2.05) is 30.3 Å². The highest BCUT2D eigenvalue weighted by Gasteiger charge is 2.30. The van der Waals surface area contributed by atoms with Gasteiger partial charge < -0.3 is 24.4 Å². The number of esters is 1. The summed E-state index contributed by atoms with van der Waals surface area (Å²) in [7, 11) is 3.00. The van der Waals surface area contributed by atoms with E-state index < -0.39 is 24.0 Å². The number of hydrogen-bond donors (Lipinski definition) is 1. The minimum atomic E-state index is -1.06. The van der Waals surface area contributed by atoms with Gasteiger partial charge >= 0.3 is 5.97 Å². The zero-order chi connectivity index (χ0) is 23.3. The zero-order valence-corrected chi connectivity index (χ0v) is 18.5. The van der Waals surface area contributed by atoms with E-state index in [9.17, 15) is 14.4 Å². The monoisotopic (exact) mass is 438 g/mol. The smallest absolute Gasteiger partial charge is 0.309 e. The van der Waals surface area contributed by atoms with Crippen LogP contribution in [0.15, 0.2) is 48.7 Å². The maximum absolute atomic E-state index is 12.7. The lowest BCUT2D eigenvalue weighted by molar-refractivity contribution is -0.154. The molecule has 8 heteroatoms. The number of rotatable bonds is 7. The highest BCUT2D eigenvalue weighted by molar-refractivity contribution is 5.96. The van der Waals surface area contributed by atoms with Crippen molar-refractivity contribution in [3.8, 4) is 11.5 Å². The van der Waals surface area contributed by atoms with Crippen molar-refractivity contribution in [1.29, 1.82) is 0 Å². The Morgan fingerprint density at radius 1 is 1.09 bits per heavy atom. The van der Waals surface area contributed by atoms with Gasteiger partial charge in [0.15, 0.2) is 6.10 Å². The van der Waals surface area contributed by atoms with Gasteiger partial charge in [-0.2, -0.15) is 0 Å². The zero-order valence-electron chi connectivity index (χ0n) is 18.5. The lowest BCUT2D eigenvalue weighted by atomic mass is 9.94. The quantitative estimate of drug-likeness (QED) is 0.665. The van der Waals surface area contributed by atoms with Crippen LogP contribution in [0, 0.1) is 0 Å². The molecule has 8 nitrogen and oxygen atoms in total. The molecule has 168 valence electrons. The molecule has 2 aromatic rings. The van der Waals surface area contributed by atoms with Gasteiger partial charge in [0.1, 0.15) is 11.5 Å². The standard InChI is InChI=1S/C24H26N2O6/c1-15(24(29)25-20-13-18(30-3)9-10-22(20)31-4)32-23(28)14-21-19-8-6-5-7-17(19)11-12-26(21)16(2)27/h5-13,15,21H,14H2,1-4H3,(H,25,29)/t15-,21+/m0/s1. The second kappa shape index (κ2) is 10.00. The molecule has 2 aromatic carbocycles. The molecule has 0 unspecified atom stereocenters. The van der Waals surface area contributed by atoms with Gasteiger partial charge in [-0.05, 0) is 36.3 Å². The largest absolute Gasteiger partial charge is 0.497 e. The molecule has 0 fully saturated rings. The van der Waals surface area contributed by atoms with E-state index in [1.54, 1.807) is 24.4 Å². The van der Waals surface area contributed by atoms with Crippen LogP contribution < -0.4 is 14.8 Å². The summed E-state index contributed by atoms with van der Waals surface area (Å²) < 4.78 is 15.8. The number of methoxy groups -OCH3 is 2. The Morgan fingerprint density at radius 2 is 1.84 bits per heavy atom. The molecular weight excluding hydrogens is 412 g/mol. The van der Waals surface area contributed by atoms with E-state index in [0.29, 0.717) is 17.2 Å². The fraction of sp³-hybridized carbons (Fsp3) is 0.292. The third-order valence-corrected chi connectivity index (χ3v) is 5.17. The highest BCUT2D eigenvalue weighted by Crippen LogP contribution is 2.33. The van der Waals surface area contributed by atoms with Crippen LogP contribution in [0.25, 0.3) is 6.08 Å². The van der Waals surface area contributed by atoms with Crippen LogP contribution in [-0.4, -0.2) is 43.0 Å². The van der Waals surface area contributed by atoms with E-state index in [1.165, 1.54) is 33.0 Å². The Morgan fingerprint density at radius 3 is 2.53 bits per heavy atom. The number of hydrogen-bond acceptors (Lipinski definition) is 6. The van der Waals surface area contributed by atoms with Crippen molar-refractivity contribution >= 4 is 29.5 Å². The Hall–Kier alpha value is -3.81. The molecule has 1 aliphatic rings. The molecule has 2 atom stereocenters. The van der Waals surface area contributed by atoms with Crippen molar-refractivity contribution < 1.29 is 28.6 Å². The van der Waals surface area contributed by atoms with Crippen LogP contribution in [0.5, 0.6) is 11.5 Å².